The van der Waals surface area contributed by atoms with Crippen LogP contribution in [0.4, 0.5) is 0 Å². The van der Waals surface area contributed by atoms with Crippen molar-refractivity contribution in [2.45, 2.75) is 0 Å². The number of nitrogens with zero attached hydrogens (tertiary/aromatic N) is 1. The van der Waals surface area contributed by atoms with Crippen LogP contribution < -0.4 is 4.74 Å². The normalized spacial score (nSPS) is 13.8. The van der Waals surface area contributed by atoms with Crippen LogP contribution in [0.2, 0.25) is 0 Å². The van der Waals surface area contributed by atoms with Gasteiger partial charge < -0.3 is 4.74 Å². The molecule has 1 heterocycles. The van der Waals surface area contributed by atoms with Gasteiger partial charge in [0.1, 0.15) is 5.75 Å². The van der Waals surface area contributed by atoms with Crippen molar-refractivity contribution in [3.05, 3.63) is 22.9 Å². The van der Waals surface area contributed by atoms with Gasteiger partial charge in [0.2, 0.25) is 0 Å². The summed E-state index contributed by atoms with van der Waals surface area (Å²) < 4.78 is 26.9. The summed E-state index contributed by atoms with van der Waals surface area (Å²) in [5.41, 5.74) is 0. The van der Waals surface area contributed by atoms with E-state index in [9.17, 15) is 0 Å². The summed E-state index contributed by atoms with van der Waals surface area (Å²) in [4.78, 5) is 3.55. The lowest BCUT2D eigenvalue weighted by atomic mass is 10.5. The van der Waals surface area contributed by atoms with E-state index in [1.54, 1.807) is 0 Å². The first-order valence-electron chi connectivity index (χ1n) is 3.75. The van der Waals surface area contributed by atoms with Crippen molar-refractivity contribution < 1.29 is 8.85 Å². The second kappa shape index (κ2) is 2.82. The van der Waals surface area contributed by atoms with Crippen molar-refractivity contribution >= 4 is 15.9 Å². The van der Waals surface area contributed by atoms with Gasteiger partial charge in [-0.1, -0.05) is 0 Å². The first-order chi connectivity index (χ1) is 5.57. The van der Waals surface area contributed by atoms with Gasteiger partial charge in [-0.15, -0.1) is 0 Å². The zero-order valence-corrected chi connectivity index (χ0v) is 6.32. The van der Waals surface area contributed by atoms with Gasteiger partial charge >= 0.3 is 0 Å². The molecule has 3 heteroatoms. The molecule has 0 spiro atoms. The first kappa shape index (κ1) is 3.56. The smallest absolute Gasteiger partial charge is 0.138 e. The lowest BCUT2D eigenvalue weighted by molar-refractivity contribution is 0.412. The highest BCUT2D eigenvalue weighted by Gasteiger charge is 1.89. The van der Waals surface area contributed by atoms with Crippen LogP contribution in [0.15, 0.2) is 22.9 Å². The molecule has 0 aromatic carbocycles. The molecule has 0 radical (unpaired) electrons. The predicted molar refractivity (Wildman–Crippen MR) is 38.5 cm³/mol. The van der Waals surface area contributed by atoms with Crippen molar-refractivity contribution in [1.82, 2.24) is 4.98 Å². The van der Waals surface area contributed by atoms with Gasteiger partial charge in [-0.2, -0.15) is 0 Å². The zero-order valence-electron chi connectivity index (χ0n) is 7.73. The highest BCUT2D eigenvalue weighted by Crippen LogP contribution is 2.14. The van der Waals surface area contributed by atoms with Gasteiger partial charge in [-0.25, -0.2) is 0 Å². The molecule has 0 atom stereocenters. The Morgan fingerprint density at radius 2 is 2.56 bits per heavy atom. The molecule has 0 aliphatic heterocycles. The third-order valence-corrected chi connectivity index (χ3v) is 1.11. The van der Waals surface area contributed by atoms with Crippen LogP contribution in [-0.2, 0) is 0 Å². The lowest BCUT2D eigenvalue weighted by Crippen LogP contribution is -1.82. The third kappa shape index (κ3) is 1.68. The van der Waals surface area contributed by atoms with E-state index in [-0.39, 0.29) is 28.6 Å². The Kier molecular flexibility index (Phi) is 1.12. The molecule has 0 saturated heterocycles. The second-order valence-corrected chi connectivity index (χ2v) is 2.10. The summed E-state index contributed by atoms with van der Waals surface area (Å²) in [6.45, 7) is 0. The van der Waals surface area contributed by atoms with Gasteiger partial charge in [0, 0.05) is 10.6 Å². The summed E-state index contributed by atoms with van der Waals surface area (Å²) >= 11 is 3.00. The summed E-state index contributed by atoms with van der Waals surface area (Å²) in [5.74, 6) is 0.0814. The van der Waals surface area contributed by atoms with Crippen molar-refractivity contribution in [3.8, 4) is 5.75 Å². The van der Waals surface area contributed by atoms with E-state index in [2.05, 4.69) is 20.9 Å². The van der Waals surface area contributed by atoms with Crippen molar-refractivity contribution in [3.63, 3.8) is 0 Å². The predicted octanol–water partition coefficient (Wildman–Crippen LogP) is 1.85. The second-order valence-electron chi connectivity index (χ2n) is 1.31. The number of halogens is 1. The van der Waals surface area contributed by atoms with E-state index >= 15 is 0 Å². The topological polar surface area (TPSA) is 22.1 Å². The molecule has 1 aromatic rings. The SMILES string of the molecule is [2H]c1nc([2H])c(OC)c([2H])c1Br. The van der Waals surface area contributed by atoms with Crippen molar-refractivity contribution in [2.24, 2.45) is 0 Å². The van der Waals surface area contributed by atoms with E-state index in [4.69, 9.17) is 8.85 Å². The third-order valence-electron chi connectivity index (χ3n) is 0.739. The maximum absolute atomic E-state index is 7.43. The molecule has 1 aromatic heterocycles. The lowest BCUT2D eigenvalue weighted by Gasteiger charge is -1.96. The van der Waals surface area contributed by atoms with Gasteiger partial charge in [0.25, 0.3) is 0 Å². The molecule has 0 unspecified atom stereocenters. The van der Waals surface area contributed by atoms with Gasteiger partial charge in [0.05, 0.1) is 17.4 Å². The largest absolute Gasteiger partial charge is 0.495 e. The Labute approximate surface area is 66.2 Å². The molecule has 0 bridgehead atoms. The Morgan fingerprint density at radius 1 is 1.78 bits per heavy atom. The van der Waals surface area contributed by atoms with E-state index in [1.165, 1.54) is 7.11 Å². The Hall–Kier alpha value is -0.570. The highest BCUT2D eigenvalue weighted by atomic mass is 79.9. The standard InChI is InChI=1S/C6H6BrNO/c1-9-6-2-5(7)3-8-4-6/h2-4H,1H3/i2D,3D,4D. The van der Waals surface area contributed by atoms with Crippen LogP contribution in [0.3, 0.4) is 0 Å². The molecule has 0 saturated carbocycles. The molecule has 48 valence electrons. The summed E-state index contributed by atoms with van der Waals surface area (Å²) in [5, 5.41) is 0. The van der Waals surface area contributed by atoms with Gasteiger partial charge in [-0.05, 0) is 22.0 Å². The molecule has 1 rings (SSSR count). The maximum atomic E-state index is 7.43. The highest BCUT2D eigenvalue weighted by molar-refractivity contribution is 9.10. The van der Waals surface area contributed by atoms with E-state index in [0.717, 1.165) is 0 Å². The molecule has 0 fully saturated rings. The first-order valence-corrected chi connectivity index (χ1v) is 3.04. The molecular formula is C6H6BrNO. The van der Waals surface area contributed by atoms with Crippen molar-refractivity contribution in [2.75, 3.05) is 7.11 Å². The van der Waals surface area contributed by atoms with Crippen LogP contribution in [0.25, 0.3) is 0 Å². The number of methoxy groups -OCH3 is 1. The zero-order chi connectivity index (χ0) is 9.30. The number of pyridine rings is 1. The van der Waals surface area contributed by atoms with E-state index in [1.807, 2.05) is 0 Å². The van der Waals surface area contributed by atoms with Crippen LogP contribution in [-0.4, -0.2) is 12.1 Å². The minimum atomic E-state index is -0.185. The number of aromatic nitrogens is 1. The monoisotopic (exact) mass is 190 g/mol. The Bertz CT molecular complexity index is 318. The Morgan fingerprint density at radius 3 is 3.22 bits per heavy atom. The molecule has 0 aliphatic rings. The molecule has 2 nitrogen and oxygen atoms in total. The summed E-state index contributed by atoms with van der Waals surface area (Å²) in [7, 11) is 1.36. The van der Waals surface area contributed by atoms with E-state index < -0.39 is 0 Å². The quantitative estimate of drug-likeness (QED) is 0.675. The molecule has 0 aliphatic carbocycles. The fraction of sp³-hybridized carbons (Fsp3) is 0.167. The van der Waals surface area contributed by atoms with Gasteiger partial charge in [0.15, 0.2) is 0 Å². The van der Waals surface area contributed by atoms with Crippen LogP contribution in [0.5, 0.6) is 5.75 Å². The Balaban J connectivity index is 3.40. The number of ether oxygens (including phenoxy) is 1. The minimum Gasteiger partial charge on any atom is -0.495 e. The van der Waals surface area contributed by atoms with Crippen LogP contribution in [0, 0.1) is 0 Å². The van der Waals surface area contributed by atoms with Gasteiger partial charge in [-0.3, -0.25) is 4.98 Å². The fourth-order valence-corrected chi connectivity index (χ4v) is 0.649. The molecule has 0 amide bonds. The number of hydrogen-bond donors (Lipinski definition) is 0. The van der Waals surface area contributed by atoms with Crippen LogP contribution >= 0.6 is 15.9 Å². The average molecular weight is 191 g/mol. The van der Waals surface area contributed by atoms with Crippen LogP contribution in [0.1, 0.15) is 4.11 Å². The average Bonchev–Trinajstić information content (AvgIpc) is 2.01. The minimum absolute atomic E-state index is 0.0116. The summed E-state index contributed by atoms with van der Waals surface area (Å²) in [6.07, 6.45) is -0.304. The molecule has 0 N–H and O–H groups in total. The van der Waals surface area contributed by atoms with E-state index in [0.29, 0.717) is 0 Å². The fourth-order valence-electron chi connectivity index (χ4n) is 0.380. The molecule has 9 heavy (non-hydrogen) atoms. The summed E-state index contributed by atoms with van der Waals surface area (Å²) in [6, 6.07) is -0.0116. The van der Waals surface area contributed by atoms with Crippen molar-refractivity contribution in [1.29, 1.82) is 0 Å². The number of hydrogen-bond acceptors (Lipinski definition) is 2. The number of rotatable bonds is 1. The molecular weight excluding hydrogens is 182 g/mol. The maximum Gasteiger partial charge on any atom is 0.138 e.